The molecule has 2 heterocycles. The lowest BCUT2D eigenvalue weighted by atomic mass is 9.90. The van der Waals surface area contributed by atoms with Gasteiger partial charge in [0.25, 0.3) is 0 Å². The van der Waals surface area contributed by atoms with Gasteiger partial charge in [-0.15, -0.1) is 0 Å². The first kappa shape index (κ1) is 14.0. The average Bonchev–Trinajstić information content (AvgIpc) is 2.95. The van der Waals surface area contributed by atoms with Crippen molar-refractivity contribution in [3.05, 3.63) is 24.3 Å². The van der Waals surface area contributed by atoms with Gasteiger partial charge in [-0.1, -0.05) is 19.8 Å². The molecule has 1 spiro atoms. The second-order valence-corrected chi connectivity index (χ2v) is 5.80. The Labute approximate surface area is 124 Å². The first-order valence-electron chi connectivity index (χ1n) is 7.55. The molecule has 1 aromatic heterocycles. The lowest BCUT2D eigenvalue weighted by molar-refractivity contribution is -0.155. The van der Waals surface area contributed by atoms with Gasteiger partial charge in [0.15, 0.2) is 0 Å². The maximum atomic E-state index is 12.9. The molecule has 3 rings (SSSR count). The van der Waals surface area contributed by atoms with Crippen LogP contribution in [-0.4, -0.2) is 38.3 Å². The molecule has 112 valence electrons. The van der Waals surface area contributed by atoms with Crippen molar-refractivity contribution < 1.29 is 9.59 Å². The third kappa shape index (κ3) is 2.39. The van der Waals surface area contributed by atoms with E-state index < -0.39 is 11.6 Å². The molecule has 1 N–H and O–H groups in total. The lowest BCUT2D eigenvalue weighted by Crippen LogP contribution is -2.69. The predicted molar refractivity (Wildman–Crippen MR) is 76.0 cm³/mol. The van der Waals surface area contributed by atoms with Crippen LogP contribution in [-0.2, 0) is 16.1 Å². The Morgan fingerprint density at radius 2 is 1.95 bits per heavy atom. The van der Waals surface area contributed by atoms with E-state index >= 15 is 0 Å². The van der Waals surface area contributed by atoms with Crippen molar-refractivity contribution in [2.75, 3.05) is 0 Å². The molecule has 1 saturated heterocycles. The molecule has 0 bridgehead atoms. The third-order valence-electron chi connectivity index (χ3n) is 4.49. The number of nitrogens with zero attached hydrogens (tertiary/aromatic N) is 3. The summed E-state index contributed by atoms with van der Waals surface area (Å²) in [7, 11) is 0. The highest BCUT2D eigenvalue weighted by Crippen LogP contribution is 2.35. The summed E-state index contributed by atoms with van der Waals surface area (Å²) in [5.74, 6) is 0.556. The van der Waals surface area contributed by atoms with E-state index in [1.165, 1.54) is 0 Å². The maximum Gasteiger partial charge on any atom is 0.249 e. The maximum absolute atomic E-state index is 12.9. The molecule has 1 aliphatic heterocycles. The van der Waals surface area contributed by atoms with Gasteiger partial charge in [-0.05, 0) is 25.3 Å². The number of carbonyl (C=O) groups excluding carboxylic acids is 2. The van der Waals surface area contributed by atoms with Crippen LogP contribution in [0.25, 0.3) is 0 Å². The summed E-state index contributed by atoms with van der Waals surface area (Å²) < 4.78 is 0. The number of rotatable bonds is 3. The number of hydrogen-bond donors (Lipinski definition) is 1. The third-order valence-corrected chi connectivity index (χ3v) is 4.49. The molecule has 0 aromatic carbocycles. The zero-order valence-corrected chi connectivity index (χ0v) is 12.2. The summed E-state index contributed by atoms with van der Waals surface area (Å²) in [5, 5.41) is 2.99. The minimum atomic E-state index is -0.683. The molecule has 1 aromatic rings. The monoisotopic (exact) mass is 288 g/mol. The number of carbonyl (C=O) groups is 2. The summed E-state index contributed by atoms with van der Waals surface area (Å²) in [4.78, 5) is 35.3. The van der Waals surface area contributed by atoms with Crippen molar-refractivity contribution in [1.82, 2.24) is 20.2 Å². The van der Waals surface area contributed by atoms with Crippen LogP contribution in [0, 0.1) is 0 Å². The molecule has 2 amide bonds. The van der Waals surface area contributed by atoms with Crippen LogP contribution in [0.3, 0.4) is 0 Å². The Kier molecular flexibility index (Phi) is 3.61. The second kappa shape index (κ2) is 5.42. The van der Waals surface area contributed by atoms with Crippen molar-refractivity contribution in [3.63, 3.8) is 0 Å². The van der Waals surface area contributed by atoms with E-state index in [0.717, 1.165) is 25.7 Å². The fraction of sp³-hybridized carbons (Fsp3) is 0.600. The van der Waals surface area contributed by atoms with E-state index in [9.17, 15) is 9.59 Å². The van der Waals surface area contributed by atoms with Gasteiger partial charge in [-0.3, -0.25) is 9.59 Å². The van der Waals surface area contributed by atoms with E-state index in [1.807, 2.05) is 6.92 Å². The van der Waals surface area contributed by atoms with Gasteiger partial charge in [0.05, 0.1) is 6.54 Å². The fourth-order valence-electron chi connectivity index (χ4n) is 3.40. The SMILES string of the molecule is CCC1C(=O)NC2(CCCC2)C(=O)N1Cc1ncccn1. The molecule has 0 radical (unpaired) electrons. The number of hydrogen-bond acceptors (Lipinski definition) is 4. The molecular formula is C15H20N4O2. The van der Waals surface area contributed by atoms with Gasteiger partial charge < -0.3 is 10.2 Å². The summed E-state index contributed by atoms with van der Waals surface area (Å²) in [6.45, 7) is 2.22. The molecule has 21 heavy (non-hydrogen) atoms. The zero-order valence-electron chi connectivity index (χ0n) is 12.2. The largest absolute Gasteiger partial charge is 0.340 e. The highest BCUT2D eigenvalue weighted by molar-refractivity contribution is 5.99. The summed E-state index contributed by atoms with van der Waals surface area (Å²) in [6, 6.07) is 1.32. The van der Waals surface area contributed by atoms with Gasteiger partial charge in [-0.25, -0.2) is 9.97 Å². The van der Waals surface area contributed by atoms with Crippen molar-refractivity contribution >= 4 is 11.8 Å². The second-order valence-electron chi connectivity index (χ2n) is 5.80. The van der Waals surface area contributed by atoms with Crippen LogP contribution in [0.4, 0.5) is 0 Å². The van der Waals surface area contributed by atoms with Gasteiger partial charge in [0.2, 0.25) is 11.8 Å². The number of aromatic nitrogens is 2. The van der Waals surface area contributed by atoms with Gasteiger partial charge in [-0.2, -0.15) is 0 Å². The lowest BCUT2D eigenvalue weighted by Gasteiger charge is -2.44. The molecule has 1 aliphatic carbocycles. The van der Waals surface area contributed by atoms with Crippen LogP contribution < -0.4 is 5.32 Å². The van der Waals surface area contributed by atoms with Gasteiger partial charge >= 0.3 is 0 Å². The molecular weight excluding hydrogens is 268 g/mol. The Morgan fingerprint density at radius 3 is 2.57 bits per heavy atom. The van der Waals surface area contributed by atoms with Crippen molar-refractivity contribution in [2.45, 2.75) is 57.2 Å². The highest BCUT2D eigenvalue weighted by atomic mass is 16.2. The zero-order chi connectivity index (χ0) is 14.9. The standard InChI is InChI=1S/C15H20N4O2/c1-2-11-13(20)18-15(6-3-4-7-15)14(21)19(11)10-12-16-8-5-9-17-12/h5,8-9,11H,2-4,6-7,10H2,1H3,(H,18,20). The first-order chi connectivity index (χ1) is 10.2. The molecule has 6 heteroatoms. The topological polar surface area (TPSA) is 75.2 Å². The molecule has 1 atom stereocenters. The van der Waals surface area contributed by atoms with Crippen LogP contribution in [0.1, 0.15) is 44.9 Å². The van der Waals surface area contributed by atoms with Crippen molar-refractivity contribution in [3.8, 4) is 0 Å². The van der Waals surface area contributed by atoms with E-state index in [0.29, 0.717) is 18.8 Å². The van der Waals surface area contributed by atoms with Crippen molar-refractivity contribution in [2.24, 2.45) is 0 Å². The normalized spacial score (nSPS) is 24.4. The van der Waals surface area contributed by atoms with Gasteiger partial charge in [0.1, 0.15) is 17.4 Å². The Balaban J connectivity index is 1.89. The molecule has 2 fully saturated rings. The molecule has 1 unspecified atom stereocenters. The van der Waals surface area contributed by atoms with Crippen molar-refractivity contribution in [1.29, 1.82) is 0 Å². The summed E-state index contributed by atoms with van der Waals surface area (Å²) >= 11 is 0. The molecule has 1 saturated carbocycles. The van der Waals surface area contributed by atoms with E-state index in [2.05, 4.69) is 15.3 Å². The van der Waals surface area contributed by atoms with Crippen LogP contribution in [0.2, 0.25) is 0 Å². The Hall–Kier alpha value is -1.98. The highest BCUT2D eigenvalue weighted by Gasteiger charge is 2.51. The van der Waals surface area contributed by atoms with E-state index in [4.69, 9.17) is 0 Å². The number of nitrogens with one attached hydrogen (secondary N) is 1. The smallest absolute Gasteiger partial charge is 0.249 e. The van der Waals surface area contributed by atoms with Crippen LogP contribution in [0.15, 0.2) is 18.5 Å². The Bertz CT molecular complexity index is 540. The molecule has 2 aliphatic rings. The minimum absolute atomic E-state index is 0.0268. The first-order valence-corrected chi connectivity index (χ1v) is 7.55. The fourth-order valence-corrected chi connectivity index (χ4v) is 3.40. The van der Waals surface area contributed by atoms with Gasteiger partial charge in [0, 0.05) is 12.4 Å². The predicted octanol–water partition coefficient (Wildman–Crippen LogP) is 1.03. The van der Waals surface area contributed by atoms with Crippen LogP contribution >= 0.6 is 0 Å². The Morgan fingerprint density at radius 1 is 1.29 bits per heavy atom. The van der Waals surface area contributed by atoms with E-state index in [-0.39, 0.29) is 11.8 Å². The number of amides is 2. The average molecular weight is 288 g/mol. The summed E-state index contributed by atoms with van der Waals surface area (Å²) in [6.07, 6.45) is 7.35. The molecule has 6 nitrogen and oxygen atoms in total. The van der Waals surface area contributed by atoms with Crippen LogP contribution in [0.5, 0.6) is 0 Å². The quantitative estimate of drug-likeness (QED) is 0.901. The van der Waals surface area contributed by atoms with E-state index in [1.54, 1.807) is 23.4 Å². The minimum Gasteiger partial charge on any atom is -0.340 e. The number of piperazine rings is 1. The summed E-state index contributed by atoms with van der Waals surface area (Å²) in [5.41, 5.74) is -0.683.